The Kier molecular flexibility index (Phi) is 8.61. The number of allylic oxidation sites excluding steroid dienone is 5. The molecule has 1 aliphatic rings. The molecule has 0 spiro atoms. The van der Waals surface area contributed by atoms with E-state index in [1.165, 1.54) is 43.3 Å². The van der Waals surface area contributed by atoms with Crippen molar-refractivity contribution in [2.45, 2.75) is 46.0 Å². The van der Waals surface area contributed by atoms with Gasteiger partial charge in [0, 0.05) is 7.11 Å². The molecule has 1 rings (SSSR count). The third-order valence-electron chi connectivity index (χ3n) is 3.75. The van der Waals surface area contributed by atoms with Gasteiger partial charge in [0.25, 0.3) is 0 Å². The first-order chi connectivity index (χ1) is 10.6. The molecule has 1 fully saturated rings. The van der Waals surface area contributed by atoms with E-state index in [0.29, 0.717) is 18.3 Å². The van der Waals surface area contributed by atoms with E-state index in [4.69, 9.17) is 9.47 Å². The van der Waals surface area contributed by atoms with Gasteiger partial charge in [0.15, 0.2) is 0 Å². The Bertz CT molecular complexity index is 456. The Labute approximate surface area is 135 Å². The summed E-state index contributed by atoms with van der Waals surface area (Å²) < 4.78 is 11.2. The van der Waals surface area contributed by atoms with Crippen LogP contribution in [0.3, 0.4) is 0 Å². The molecule has 0 aromatic heterocycles. The zero-order chi connectivity index (χ0) is 16.4. The van der Waals surface area contributed by atoms with E-state index >= 15 is 0 Å². The smallest absolute Gasteiger partial charge is 0.127 e. The standard InChI is InChI=1S/C20H30O2/c1-6-10-20(13-16(2)3)22-17(4)14-19(15-21-5)18-11-8-7-9-12-18/h6,10,13-14,18H,1,4,7-9,11-12,15H2,2-3,5H3/b19-14+,20-10+. The summed E-state index contributed by atoms with van der Waals surface area (Å²) in [5.74, 6) is 2.02. The third-order valence-corrected chi connectivity index (χ3v) is 3.75. The van der Waals surface area contributed by atoms with Gasteiger partial charge < -0.3 is 9.47 Å². The largest absolute Gasteiger partial charge is 0.458 e. The van der Waals surface area contributed by atoms with Crippen molar-refractivity contribution in [2.75, 3.05) is 13.7 Å². The summed E-state index contributed by atoms with van der Waals surface area (Å²) >= 11 is 0. The van der Waals surface area contributed by atoms with Crippen LogP contribution in [-0.2, 0) is 9.47 Å². The van der Waals surface area contributed by atoms with Crippen LogP contribution in [0.4, 0.5) is 0 Å². The predicted octanol–water partition coefficient (Wildman–Crippen LogP) is 5.71. The van der Waals surface area contributed by atoms with Crippen molar-refractivity contribution in [3.63, 3.8) is 0 Å². The van der Waals surface area contributed by atoms with Gasteiger partial charge in [-0.25, -0.2) is 0 Å². The molecule has 0 radical (unpaired) electrons. The lowest BCUT2D eigenvalue weighted by molar-refractivity contribution is 0.208. The number of rotatable bonds is 8. The summed E-state index contributed by atoms with van der Waals surface area (Å²) in [5.41, 5.74) is 2.47. The maximum absolute atomic E-state index is 5.86. The SMILES string of the molecule is C=C/C=C(\C=C(C)C)OC(=C)/C=C(\COC)C1CCCCC1. The highest BCUT2D eigenvalue weighted by Gasteiger charge is 2.18. The molecule has 2 heteroatoms. The van der Waals surface area contributed by atoms with Gasteiger partial charge in [-0.05, 0) is 56.4 Å². The van der Waals surface area contributed by atoms with Gasteiger partial charge in [0.2, 0.25) is 0 Å². The molecule has 2 nitrogen and oxygen atoms in total. The topological polar surface area (TPSA) is 18.5 Å². The molecule has 0 unspecified atom stereocenters. The van der Waals surface area contributed by atoms with Crippen LogP contribution in [0.1, 0.15) is 46.0 Å². The van der Waals surface area contributed by atoms with Crippen molar-refractivity contribution >= 4 is 0 Å². The van der Waals surface area contributed by atoms with Crippen molar-refractivity contribution in [2.24, 2.45) is 5.92 Å². The molecule has 0 bridgehead atoms. The van der Waals surface area contributed by atoms with E-state index in [2.05, 4.69) is 19.2 Å². The number of methoxy groups -OCH3 is 1. The minimum absolute atomic E-state index is 0.601. The molecule has 0 atom stereocenters. The molecule has 0 N–H and O–H groups in total. The summed E-state index contributed by atoms with van der Waals surface area (Å²) in [4.78, 5) is 0. The molecule has 0 heterocycles. The first kappa shape index (κ1) is 18.5. The van der Waals surface area contributed by atoms with Crippen LogP contribution in [0.15, 0.2) is 60.1 Å². The van der Waals surface area contributed by atoms with Crippen molar-refractivity contribution in [3.8, 4) is 0 Å². The minimum atomic E-state index is 0.601. The summed E-state index contributed by atoms with van der Waals surface area (Å²) in [6.45, 7) is 12.5. The summed E-state index contributed by atoms with van der Waals surface area (Å²) in [7, 11) is 1.74. The second-order valence-corrected chi connectivity index (χ2v) is 6.08. The van der Waals surface area contributed by atoms with E-state index < -0.39 is 0 Å². The van der Waals surface area contributed by atoms with Crippen LogP contribution < -0.4 is 0 Å². The van der Waals surface area contributed by atoms with Gasteiger partial charge in [-0.3, -0.25) is 0 Å². The maximum Gasteiger partial charge on any atom is 0.127 e. The molecule has 0 aliphatic heterocycles. The number of ether oxygens (including phenoxy) is 2. The Morgan fingerprint density at radius 2 is 1.82 bits per heavy atom. The van der Waals surface area contributed by atoms with E-state index in [0.717, 1.165) is 5.76 Å². The highest BCUT2D eigenvalue weighted by molar-refractivity contribution is 5.26. The molecule has 0 aromatic carbocycles. The van der Waals surface area contributed by atoms with E-state index in [-0.39, 0.29) is 0 Å². The van der Waals surface area contributed by atoms with E-state index in [1.54, 1.807) is 13.2 Å². The zero-order valence-corrected chi connectivity index (χ0v) is 14.4. The molecule has 1 saturated carbocycles. The fourth-order valence-electron chi connectivity index (χ4n) is 2.82. The second kappa shape index (κ2) is 10.2. The molecule has 0 amide bonds. The Balaban J connectivity index is 2.80. The van der Waals surface area contributed by atoms with Gasteiger partial charge >= 0.3 is 0 Å². The second-order valence-electron chi connectivity index (χ2n) is 6.08. The van der Waals surface area contributed by atoms with Crippen LogP contribution in [0.25, 0.3) is 0 Å². The zero-order valence-electron chi connectivity index (χ0n) is 14.4. The Hall–Kier alpha value is -1.54. The molecule has 0 aromatic rings. The lowest BCUT2D eigenvalue weighted by Crippen LogP contribution is -2.13. The highest BCUT2D eigenvalue weighted by Crippen LogP contribution is 2.30. The quantitative estimate of drug-likeness (QED) is 0.422. The first-order valence-electron chi connectivity index (χ1n) is 8.10. The molecule has 0 saturated heterocycles. The van der Waals surface area contributed by atoms with Crippen molar-refractivity contribution in [3.05, 3.63) is 60.1 Å². The van der Waals surface area contributed by atoms with Gasteiger partial charge in [0.05, 0.1) is 6.61 Å². The maximum atomic E-state index is 5.86. The number of hydrogen-bond acceptors (Lipinski definition) is 2. The van der Waals surface area contributed by atoms with Crippen LogP contribution in [0, 0.1) is 5.92 Å². The van der Waals surface area contributed by atoms with E-state index in [9.17, 15) is 0 Å². The predicted molar refractivity (Wildman–Crippen MR) is 94.5 cm³/mol. The van der Waals surface area contributed by atoms with Crippen molar-refractivity contribution in [1.82, 2.24) is 0 Å². The number of hydrogen-bond donors (Lipinski definition) is 0. The van der Waals surface area contributed by atoms with E-state index in [1.807, 2.05) is 26.0 Å². The minimum Gasteiger partial charge on any atom is -0.458 e. The summed E-state index contributed by atoms with van der Waals surface area (Å²) in [6.07, 6.45) is 14.0. The average Bonchev–Trinajstić information content (AvgIpc) is 2.47. The molecular weight excluding hydrogens is 272 g/mol. The van der Waals surface area contributed by atoms with Crippen LogP contribution in [-0.4, -0.2) is 13.7 Å². The van der Waals surface area contributed by atoms with Crippen LogP contribution in [0.5, 0.6) is 0 Å². The molecular formula is C20H30O2. The van der Waals surface area contributed by atoms with Crippen molar-refractivity contribution < 1.29 is 9.47 Å². The first-order valence-corrected chi connectivity index (χ1v) is 8.10. The molecule has 122 valence electrons. The third kappa shape index (κ3) is 6.95. The van der Waals surface area contributed by atoms with Gasteiger partial charge in [-0.2, -0.15) is 0 Å². The average molecular weight is 302 g/mol. The van der Waals surface area contributed by atoms with Gasteiger partial charge in [-0.15, -0.1) is 0 Å². The fourth-order valence-corrected chi connectivity index (χ4v) is 2.82. The Morgan fingerprint density at radius 3 is 2.36 bits per heavy atom. The lowest BCUT2D eigenvalue weighted by Gasteiger charge is -2.24. The lowest BCUT2D eigenvalue weighted by atomic mass is 9.83. The van der Waals surface area contributed by atoms with Gasteiger partial charge in [0.1, 0.15) is 11.5 Å². The van der Waals surface area contributed by atoms with Crippen molar-refractivity contribution in [1.29, 1.82) is 0 Å². The highest BCUT2D eigenvalue weighted by atomic mass is 16.5. The summed E-state index contributed by atoms with van der Waals surface area (Å²) in [6, 6.07) is 0. The Morgan fingerprint density at radius 1 is 1.14 bits per heavy atom. The van der Waals surface area contributed by atoms with Crippen LogP contribution in [0.2, 0.25) is 0 Å². The normalized spacial score (nSPS) is 17.0. The monoisotopic (exact) mass is 302 g/mol. The summed E-state index contributed by atoms with van der Waals surface area (Å²) in [5, 5.41) is 0. The fraction of sp³-hybridized carbons (Fsp3) is 0.500. The molecule has 22 heavy (non-hydrogen) atoms. The van der Waals surface area contributed by atoms with Gasteiger partial charge in [-0.1, -0.05) is 44.1 Å². The van der Waals surface area contributed by atoms with Crippen LogP contribution >= 0.6 is 0 Å². The molecule has 1 aliphatic carbocycles.